The van der Waals surface area contributed by atoms with Gasteiger partial charge in [0.15, 0.2) is 0 Å². The molecule has 1 N–H and O–H groups in total. The summed E-state index contributed by atoms with van der Waals surface area (Å²) in [6.07, 6.45) is -4.45. The largest absolute Gasteiger partial charge is 0.496 e. The van der Waals surface area contributed by atoms with Crippen molar-refractivity contribution >= 4 is 0 Å². The van der Waals surface area contributed by atoms with Crippen LogP contribution in [0.15, 0.2) is 18.2 Å². The van der Waals surface area contributed by atoms with E-state index < -0.39 is 17.7 Å². The summed E-state index contributed by atoms with van der Waals surface area (Å²) in [4.78, 5) is 0. The lowest BCUT2D eigenvalue weighted by atomic mass is 9.98. The fraction of sp³-hybridized carbons (Fsp3) is 0.455. The second-order valence-electron chi connectivity index (χ2n) is 3.51. The van der Waals surface area contributed by atoms with Crippen molar-refractivity contribution in [1.29, 1.82) is 0 Å². The third kappa shape index (κ3) is 2.47. The topological polar surface area (TPSA) is 29.5 Å². The minimum atomic E-state index is -4.45. The Balaban J connectivity index is 3.32. The van der Waals surface area contributed by atoms with Gasteiger partial charge < -0.3 is 9.84 Å². The fourth-order valence-electron chi connectivity index (χ4n) is 1.49. The molecule has 0 aromatic heterocycles. The zero-order chi connectivity index (χ0) is 12.3. The molecule has 0 radical (unpaired) electrons. The quantitative estimate of drug-likeness (QED) is 0.871. The second kappa shape index (κ2) is 4.74. The van der Waals surface area contributed by atoms with Gasteiger partial charge in [0.2, 0.25) is 0 Å². The van der Waals surface area contributed by atoms with Gasteiger partial charge in [-0.25, -0.2) is 0 Å². The number of methoxy groups -OCH3 is 1. The molecule has 90 valence electrons. The van der Waals surface area contributed by atoms with Crippen molar-refractivity contribution in [3.63, 3.8) is 0 Å². The molecule has 0 saturated carbocycles. The minimum Gasteiger partial charge on any atom is -0.496 e. The Labute approximate surface area is 91.7 Å². The molecular formula is C11H13F3O2. The van der Waals surface area contributed by atoms with E-state index in [1.54, 1.807) is 6.92 Å². The summed E-state index contributed by atoms with van der Waals surface area (Å²) in [6.45, 7) is 1.41. The molecular weight excluding hydrogens is 221 g/mol. The first-order valence-corrected chi connectivity index (χ1v) is 4.76. The zero-order valence-electron chi connectivity index (χ0n) is 9.01. The maximum Gasteiger partial charge on any atom is 0.419 e. The Bertz CT molecular complexity index is 361. The zero-order valence-corrected chi connectivity index (χ0v) is 9.01. The third-order valence-corrected chi connectivity index (χ3v) is 2.36. The molecule has 0 fully saturated rings. The molecule has 0 bridgehead atoms. The van der Waals surface area contributed by atoms with Gasteiger partial charge in [-0.05, 0) is 11.6 Å². The summed E-state index contributed by atoms with van der Waals surface area (Å²) in [5.41, 5.74) is -0.451. The number of hydrogen-bond donors (Lipinski definition) is 1. The molecule has 0 amide bonds. The lowest BCUT2D eigenvalue weighted by Gasteiger charge is -2.18. The van der Waals surface area contributed by atoms with Gasteiger partial charge in [-0.3, -0.25) is 0 Å². The van der Waals surface area contributed by atoms with Crippen molar-refractivity contribution in [2.75, 3.05) is 13.7 Å². The smallest absolute Gasteiger partial charge is 0.419 e. The van der Waals surface area contributed by atoms with Crippen LogP contribution in [0.3, 0.4) is 0 Å². The van der Waals surface area contributed by atoms with E-state index in [1.165, 1.54) is 19.2 Å². The van der Waals surface area contributed by atoms with Gasteiger partial charge in [0.05, 0.1) is 12.7 Å². The Morgan fingerprint density at radius 1 is 1.38 bits per heavy atom. The molecule has 16 heavy (non-hydrogen) atoms. The number of halogens is 3. The first-order chi connectivity index (χ1) is 7.41. The first kappa shape index (κ1) is 12.8. The van der Waals surface area contributed by atoms with Gasteiger partial charge in [-0.1, -0.05) is 19.1 Å². The average molecular weight is 234 g/mol. The van der Waals surface area contributed by atoms with Crippen molar-refractivity contribution < 1.29 is 23.0 Å². The standard InChI is InChI=1S/C11H13F3O2/c1-7(6-15)8-4-3-5-9(10(8)16-2)11(12,13)14/h3-5,7,15H,6H2,1-2H3. The summed E-state index contributed by atoms with van der Waals surface area (Å²) >= 11 is 0. The van der Waals surface area contributed by atoms with Crippen LogP contribution in [0.4, 0.5) is 13.2 Å². The molecule has 1 aromatic rings. The van der Waals surface area contributed by atoms with Gasteiger partial charge in [0.1, 0.15) is 5.75 Å². The highest BCUT2D eigenvalue weighted by Crippen LogP contribution is 2.40. The Kier molecular flexibility index (Phi) is 3.80. The highest BCUT2D eigenvalue weighted by Gasteiger charge is 2.35. The van der Waals surface area contributed by atoms with Crippen LogP contribution in [0.25, 0.3) is 0 Å². The highest BCUT2D eigenvalue weighted by molar-refractivity contribution is 5.45. The molecule has 5 heteroatoms. The summed E-state index contributed by atoms with van der Waals surface area (Å²) in [5, 5.41) is 8.97. The number of ether oxygens (including phenoxy) is 1. The van der Waals surface area contributed by atoms with E-state index in [0.29, 0.717) is 5.56 Å². The second-order valence-corrected chi connectivity index (χ2v) is 3.51. The van der Waals surface area contributed by atoms with Crippen molar-refractivity contribution in [2.24, 2.45) is 0 Å². The minimum absolute atomic E-state index is 0.212. The van der Waals surface area contributed by atoms with Crippen LogP contribution < -0.4 is 4.74 Å². The molecule has 1 rings (SSSR count). The summed E-state index contributed by atoms with van der Waals surface area (Å²) < 4.78 is 42.7. The molecule has 0 saturated heterocycles. The number of para-hydroxylation sites is 1. The third-order valence-electron chi connectivity index (χ3n) is 2.36. The molecule has 0 aliphatic heterocycles. The van der Waals surface area contributed by atoms with Gasteiger partial charge in [0, 0.05) is 12.5 Å². The van der Waals surface area contributed by atoms with Crippen LogP contribution in [0.2, 0.25) is 0 Å². The van der Waals surface area contributed by atoms with Crippen LogP contribution in [0.5, 0.6) is 5.75 Å². The SMILES string of the molecule is COc1c(C(C)CO)cccc1C(F)(F)F. The predicted molar refractivity (Wildman–Crippen MR) is 53.5 cm³/mol. The molecule has 0 aliphatic rings. The monoisotopic (exact) mass is 234 g/mol. The van der Waals surface area contributed by atoms with E-state index in [9.17, 15) is 13.2 Å². The van der Waals surface area contributed by atoms with Crippen LogP contribution in [0, 0.1) is 0 Å². The molecule has 2 nitrogen and oxygen atoms in total. The van der Waals surface area contributed by atoms with Gasteiger partial charge in [-0.2, -0.15) is 13.2 Å². The number of hydrogen-bond acceptors (Lipinski definition) is 2. The number of benzene rings is 1. The number of rotatable bonds is 3. The Morgan fingerprint density at radius 2 is 2.00 bits per heavy atom. The van der Waals surface area contributed by atoms with E-state index in [4.69, 9.17) is 9.84 Å². The van der Waals surface area contributed by atoms with E-state index in [0.717, 1.165) is 6.07 Å². The molecule has 1 aromatic carbocycles. The van der Waals surface area contributed by atoms with Crippen molar-refractivity contribution in [1.82, 2.24) is 0 Å². The van der Waals surface area contributed by atoms with E-state index in [-0.39, 0.29) is 12.4 Å². The lowest BCUT2D eigenvalue weighted by molar-refractivity contribution is -0.138. The Hall–Kier alpha value is -1.23. The molecule has 0 spiro atoms. The first-order valence-electron chi connectivity index (χ1n) is 4.76. The predicted octanol–water partition coefficient (Wildman–Crippen LogP) is 2.81. The Morgan fingerprint density at radius 3 is 2.44 bits per heavy atom. The normalized spacial score (nSPS) is 13.6. The number of aliphatic hydroxyl groups is 1. The van der Waals surface area contributed by atoms with Crippen molar-refractivity contribution in [3.05, 3.63) is 29.3 Å². The van der Waals surface area contributed by atoms with Gasteiger partial charge in [-0.15, -0.1) is 0 Å². The average Bonchev–Trinajstić information content (AvgIpc) is 2.25. The molecule has 0 heterocycles. The summed E-state index contributed by atoms with van der Waals surface area (Å²) in [5.74, 6) is -0.603. The van der Waals surface area contributed by atoms with Crippen molar-refractivity contribution in [2.45, 2.75) is 19.0 Å². The van der Waals surface area contributed by atoms with E-state index >= 15 is 0 Å². The van der Waals surface area contributed by atoms with Crippen LogP contribution in [-0.4, -0.2) is 18.8 Å². The molecule has 0 aliphatic carbocycles. The van der Waals surface area contributed by atoms with E-state index in [2.05, 4.69) is 0 Å². The fourth-order valence-corrected chi connectivity index (χ4v) is 1.49. The maximum atomic E-state index is 12.6. The molecule has 1 unspecified atom stereocenters. The van der Waals surface area contributed by atoms with E-state index in [1.807, 2.05) is 0 Å². The van der Waals surface area contributed by atoms with Crippen LogP contribution in [0.1, 0.15) is 24.0 Å². The highest BCUT2D eigenvalue weighted by atomic mass is 19.4. The maximum absolute atomic E-state index is 12.6. The number of alkyl halides is 3. The number of aliphatic hydroxyl groups excluding tert-OH is 1. The summed E-state index contributed by atoms with van der Waals surface area (Å²) in [6, 6.07) is 3.80. The van der Waals surface area contributed by atoms with Gasteiger partial charge >= 0.3 is 6.18 Å². The van der Waals surface area contributed by atoms with Crippen molar-refractivity contribution in [3.8, 4) is 5.75 Å². The lowest BCUT2D eigenvalue weighted by Crippen LogP contribution is -2.11. The summed E-state index contributed by atoms with van der Waals surface area (Å²) in [7, 11) is 1.19. The van der Waals surface area contributed by atoms with Crippen LogP contribution >= 0.6 is 0 Å². The molecule has 1 atom stereocenters. The van der Waals surface area contributed by atoms with Gasteiger partial charge in [0.25, 0.3) is 0 Å². The van der Waals surface area contributed by atoms with Crippen LogP contribution in [-0.2, 0) is 6.18 Å².